The smallest absolute Gasteiger partial charge is 0.279 e. The maximum atomic E-state index is 12.5. The van der Waals surface area contributed by atoms with Crippen molar-refractivity contribution in [3.8, 4) is 12.3 Å². The zero-order chi connectivity index (χ0) is 18.7. The first-order valence-electron chi connectivity index (χ1n) is 7.98. The second-order valence-corrected chi connectivity index (χ2v) is 6.83. The first-order chi connectivity index (χ1) is 12.5. The first-order valence-corrected chi connectivity index (χ1v) is 8.80. The van der Waals surface area contributed by atoms with Gasteiger partial charge in [0.25, 0.3) is 5.91 Å². The van der Waals surface area contributed by atoms with Gasteiger partial charge in [-0.05, 0) is 37.3 Å². The van der Waals surface area contributed by atoms with Crippen LogP contribution >= 0.6 is 11.3 Å². The maximum Gasteiger partial charge on any atom is 0.279 e. The Morgan fingerprint density at radius 2 is 1.96 bits per heavy atom. The molecule has 0 bridgehead atoms. The molecule has 3 aromatic rings. The summed E-state index contributed by atoms with van der Waals surface area (Å²) in [6, 6.07) is 12.8. The van der Waals surface area contributed by atoms with Gasteiger partial charge < -0.3 is 9.88 Å². The SMILES string of the molecule is C#CCn1c(=NC(=O)c2ccc(C)cc2)sc2cc(NC(C)=O)ccc21. The molecule has 1 aromatic heterocycles. The minimum absolute atomic E-state index is 0.142. The van der Waals surface area contributed by atoms with Crippen molar-refractivity contribution in [2.24, 2.45) is 4.99 Å². The number of carbonyl (C=O) groups excluding carboxylic acids is 2. The van der Waals surface area contributed by atoms with E-state index in [-0.39, 0.29) is 11.8 Å². The van der Waals surface area contributed by atoms with Crippen molar-refractivity contribution in [2.75, 3.05) is 5.32 Å². The fourth-order valence-corrected chi connectivity index (χ4v) is 3.60. The molecule has 0 aliphatic heterocycles. The summed E-state index contributed by atoms with van der Waals surface area (Å²) in [5.74, 6) is 2.14. The average molecular weight is 363 g/mol. The number of nitrogens with one attached hydrogen (secondary N) is 1. The number of thiazole rings is 1. The van der Waals surface area contributed by atoms with Crippen LogP contribution in [0.5, 0.6) is 0 Å². The molecule has 2 aromatic carbocycles. The molecule has 0 atom stereocenters. The Morgan fingerprint density at radius 3 is 2.62 bits per heavy atom. The number of benzene rings is 2. The Labute approximate surface area is 155 Å². The second-order valence-electron chi connectivity index (χ2n) is 5.82. The lowest BCUT2D eigenvalue weighted by molar-refractivity contribution is -0.114. The van der Waals surface area contributed by atoms with Gasteiger partial charge in [0, 0.05) is 18.2 Å². The largest absolute Gasteiger partial charge is 0.326 e. The molecular weight excluding hydrogens is 346 g/mol. The van der Waals surface area contributed by atoms with E-state index >= 15 is 0 Å². The lowest BCUT2D eigenvalue weighted by Crippen LogP contribution is -2.16. The highest BCUT2D eigenvalue weighted by atomic mass is 32.1. The van der Waals surface area contributed by atoms with E-state index < -0.39 is 0 Å². The van der Waals surface area contributed by atoms with Crippen LogP contribution < -0.4 is 10.1 Å². The van der Waals surface area contributed by atoms with Gasteiger partial charge in [0.15, 0.2) is 4.80 Å². The highest BCUT2D eigenvalue weighted by molar-refractivity contribution is 7.16. The van der Waals surface area contributed by atoms with Crippen LogP contribution in [0.25, 0.3) is 10.2 Å². The Balaban J connectivity index is 2.10. The van der Waals surface area contributed by atoms with Gasteiger partial charge in [0.05, 0.1) is 16.8 Å². The van der Waals surface area contributed by atoms with Crippen molar-refractivity contribution in [2.45, 2.75) is 20.4 Å². The van der Waals surface area contributed by atoms with Gasteiger partial charge in [0.1, 0.15) is 0 Å². The summed E-state index contributed by atoms with van der Waals surface area (Å²) in [5.41, 5.74) is 3.17. The summed E-state index contributed by atoms with van der Waals surface area (Å²) in [5, 5.41) is 2.75. The summed E-state index contributed by atoms with van der Waals surface area (Å²) in [6.07, 6.45) is 5.48. The summed E-state index contributed by atoms with van der Waals surface area (Å²) in [7, 11) is 0. The van der Waals surface area contributed by atoms with E-state index in [9.17, 15) is 9.59 Å². The number of hydrogen-bond donors (Lipinski definition) is 1. The molecule has 0 saturated heterocycles. The van der Waals surface area contributed by atoms with Crippen molar-refractivity contribution >= 4 is 39.1 Å². The lowest BCUT2D eigenvalue weighted by atomic mass is 10.1. The Hall–Kier alpha value is -3.17. The summed E-state index contributed by atoms with van der Waals surface area (Å²) < 4.78 is 2.71. The monoisotopic (exact) mass is 363 g/mol. The quantitative estimate of drug-likeness (QED) is 0.726. The van der Waals surface area contributed by atoms with Crippen LogP contribution in [0.3, 0.4) is 0 Å². The van der Waals surface area contributed by atoms with Gasteiger partial charge in [0.2, 0.25) is 5.91 Å². The third-order valence-electron chi connectivity index (χ3n) is 3.75. The Bertz CT molecular complexity index is 1100. The maximum absolute atomic E-state index is 12.5. The molecule has 0 saturated carbocycles. The number of fused-ring (bicyclic) bond motifs is 1. The van der Waals surface area contributed by atoms with Gasteiger partial charge in [-0.3, -0.25) is 9.59 Å². The fourth-order valence-electron chi connectivity index (χ4n) is 2.53. The minimum atomic E-state index is -0.315. The van der Waals surface area contributed by atoms with E-state index in [1.807, 2.05) is 35.8 Å². The number of amides is 2. The van der Waals surface area contributed by atoms with Crippen molar-refractivity contribution in [1.29, 1.82) is 0 Å². The number of aryl methyl sites for hydroxylation is 1. The summed E-state index contributed by atoms with van der Waals surface area (Å²) >= 11 is 1.36. The number of hydrogen-bond acceptors (Lipinski definition) is 3. The number of anilines is 1. The molecule has 2 amide bonds. The van der Waals surface area contributed by atoms with Crippen LogP contribution in [-0.2, 0) is 11.3 Å². The molecule has 6 heteroatoms. The van der Waals surface area contributed by atoms with E-state index in [1.165, 1.54) is 18.3 Å². The molecule has 0 spiro atoms. The molecule has 0 unspecified atom stereocenters. The molecule has 0 fully saturated rings. The minimum Gasteiger partial charge on any atom is -0.326 e. The number of aromatic nitrogens is 1. The summed E-state index contributed by atoms with van der Waals surface area (Å²) in [6.45, 7) is 3.72. The zero-order valence-electron chi connectivity index (χ0n) is 14.4. The van der Waals surface area contributed by atoms with Crippen molar-refractivity contribution < 1.29 is 9.59 Å². The molecule has 1 heterocycles. The Kier molecular flexibility index (Phi) is 5.01. The molecule has 130 valence electrons. The molecular formula is C20H17N3O2S. The van der Waals surface area contributed by atoms with Crippen molar-refractivity contribution in [1.82, 2.24) is 4.57 Å². The van der Waals surface area contributed by atoms with E-state index in [1.54, 1.807) is 18.2 Å². The Morgan fingerprint density at radius 1 is 1.23 bits per heavy atom. The van der Waals surface area contributed by atoms with Crippen LogP contribution in [0, 0.1) is 19.3 Å². The summed E-state index contributed by atoms with van der Waals surface area (Å²) in [4.78, 5) is 28.5. The van der Waals surface area contributed by atoms with Crippen LogP contribution in [-0.4, -0.2) is 16.4 Å². The fraction of sp³-hybridized carbons (Fsp3) is 0.150. The van der Waals surface area contributed by atoms with Crippen molar-refractivity contribution in [3.05, 3.63) is 58.4 Å². The second kappa shape index (κ2) is 7.38. The van der Waals surface area contributed by atoms with Crippen LogP contribution in [0.15, 0.2) is 47.5 Å². The third kappa shape index (κ3) is 3.73. The van der Waals surface area contributed by atoms with Crippen LogP contribution in [0.4, 0.5) is 5.69 Å². The first kappa shape index (κ1) is 17.6. The molecule has 5 nitrogen and oxygen atoms in total. The highest BCUT2D eigenvalue weighted by Gasteiger charge is 2.10. The zero-order valence-corrected chi connectivity index (χ0v) is 15.3. The van der Waals surface area contributed by atoms with E-state index in [2.05, 4.69) is 16.2 Å². The number of carbonyl (C=O) groups is 2. The van der Waals surface area contributed by atoms with Gasteiger partial charge in [-0.1, -0.05) is 35.0 Å². The molecule has 26 heavy (non-hydrogen) atoms. The van der Waals surface area contributed by atoms with Gasteiger partial charge in [-0.15, -0.1) is 6.42 Å². The third-order valence-corrected chi connectivity index (χ3v) is 4.79. The predicted molar refractivity (Wildman–Crippen MR) is 104 cm³/mol. The normalized spacial score (nSPS) is 11.3. The molecule has 1 N–H and O–H groups in total. The molecule has 0 aliphatic carbocycles. The van der Waals surface area contributed by atoms with Crippen LogP contribution in [0.2, 0.25) is 0 Å². The number of terminal acetylenes is 1. The van der Waals surface area contributed by atoms with Crippen molar-refractivity contribution in [3.63, 3.8) is 0 Å². The topological polar surface area (TPSA) is 63.5 Å². The van der Waals surface area contributed by atoms with E-state index in [0.29, 0.717) is 22.6 Å². The molecule has 0 radical (unpaired) electrons. The van der Waals surface area contributed by atoms with Gasteiger partial charge >= 0.3 is 0 Å². The lowest BCUT2D eigenvalue weighted by Gasteiger charge is -2.03. The predicted octanol–water partition coefficient (Wildman–Crippen LogP) is 3.34. The van der Waals surface area contributed by atoms with E-state index in [0.717, 1.165) is 15.8 Å². The van der Waals surface area contributed by atoms with E-state index in [4.69, 9.17) is 6.42 Å². The van der Waals surface area contributed by atoms with Gasteiger partial charge in [-0.2, -0.15) is 4.99 Å². The average Bonchev–Trinajstić information content (AvgIpc) is 2.92. The number of rotatable bonds is 3. The van der Waals surface area contributed by atoms with Crippen LogP contribution in [0.1, 0.15) is 22.8 Å². The molecule has 3 rings (SSSR count). The standard InChI is InChI=1S/C20H17N3O2S/c1-4-11-23-17-10-9-16(21-14(3)24)12-18(17)26-20(23)22-19(25)15-7-5-13(2)6-8-15/h1,5-10,12H,11H2,2-3H3,(H,21,24). The number of nitrogens with zero attached hydrogens (tertiary/aromatic N) is 2. The molecule has 0 aliphatic rings. The van der Waals surface area contributed by atoms with Gasteiger partial charge in [-0.25, -0.2) is 0 Å². The highest BCUT2D eigenvalue weighted by Crippen LogP contribution is 2.22.